The highest BCUT2D eigenvalue weighted by atomic mass is 16.3. The third kappa shape index (κ3) is 16.0. The second-order valence-corrected chi connectivity index (χ2v) is 9.82. The Morgan fingerprint density at radius 3 is 1.22 bits per heavy atom. The lowest BCUT2D eigenvalue weighted by atomic mass is 9.91. The van der Waals surface area contributed by atoms with Gasteiger partial charge in [-0.1, -0.05) is 123 Å². The van der Waals surface area contributed by atoms with Crippen molar-refractivity contribution in [3.63, 3.8) is 0 Å². The summed E-state index contributed by atoms with van der Waals surface area (Å²) in [6.45, 7) is 3.08. The highest BCUT2D eigenvalue weighted by Crippen LogP contribution is 2.21. The van der Waals surface area contributed by atoms with Gasteiger partial charge in [0.15, 0.2) is 0 Å². The van der Waals surface area contributed by atoms with E-state index in [9.17, 15) is 20.1 Å². The van der Waals surface area contributed by atoms with Crippen molar-refractivity contribution < 1.29 is 20.1 Å². The zero-order valence-electron chi connectivity index (χ0n) is 21.4. The van der Waals surface area contributed by atoms with Crippen LogP contribution in [0.5, 0.6) is 0 Å². The summed E-state index contributed by atoms with van der Waals surface area (Å²) < 4.78 is 0. The van der Waals surface area contributed by atoms with Crippen molar-refractivity contribution in [2.45, 2.75) is 141 Å². The Labute approximate surface area is 198 Å². The topological polar surface area (TPSA) is 89.8 Å². The maximum Gasteiger partial charge on any atom is 0.223 e. The fourth-order valence-electron chi connectivity index (χ4n) is 4.26. The minimum atomic E-state index is -1.33. The van der Waals surface area contributed by atoms with Gasteiger partial charge in [-0.3, -0.25) is 4.79 Å². The minimum absolute atomic E-state index is 0.108. The van der Waals surface area contributed by atoms with E-state index < -0.39 is 25.4 Å². The number of aliphatic hydroxyl groups is 3. The number of rotatable bonds is 24. The highest BCUT2D eigenvalue weighted by Gasteiger charge is 2.32. The van der Waals surface area contributed by atoms with Gasteiger partial charge >= 0.3 is 0 Å². The van der Waals surface area contributed by atoms with Gasteiger partial charge in [-0.2, -0.15) is 0 Å². The van der Waals surface area contributed by atoms with Gasteiger partial charge < -0.3 is 20.6 Å². The minimum Gasteiger partial charge on any atom is -0.394 e. The summed E-state index contributed by atoms with van der Waals surface area (Å²) in [7, 11) is 0. The van der Waals surface area contributed by atoms with Gasteiger partial charge in [0.2, 0.25) is 5.91 Å². The summed E-state index contributed by atoms with van der Waals surface area (Å²) in [5.74, 6) is -0.243. The number of carbonyl (C=O) groups is 1. The first-order valence-corrected chi connectivity index (χ1v) is 13.7. The first-order chi connectivity index (χ1) is 15.6. The second-order valence-electron chi connectivity index (χ2n) is 9.82. The molecular formula is C27H55NO4. The van der Waals surface area contributed by atoms with Crippen molar-refractivity contribution in [3.8, 4) is 0 Å². The monoisotopic (exact) mass is 457 g/mol. The number of unbranched alkanes of at least 4 members (excludes halogenated alkanes) is 15. The van der Waals surface area contributed by atoms with Crippen LogP contribution in [0.4, 0.5) is 0 Å². The van der Waals surface area contributed by atoms with Crippen LogP contribution < -0.4 is 5.32 Å². The molecule has 0 aliphatic carbocycles. The lowest BCUT2D eigenvalue weighted by molar-refractivity contribution is -0.130. The van der Waals surface area contributed by atoms with Gasteiger partial charge in [0.1, 0.15) is 5.54 Å². The van der Waals surface area contributed by atoms with E-state index in [0.717, 1.165) is 38.5 Å². The molecule has 0 aliphatic rings. The Bertz CT molecular complexity index is 404. The second kappa shape index (κ2) is 22.2. The van der Waals surface area contributed by atoms with Crippen LogP contribution in [0, 0.1) is 5.92 Å². The molecule has 0 aromatic heterocycles. The average Bonchev–Trinajstić information content (AvgIpc) is 2.81. The van der Waals surface area contributed by atoms with Crippen molar-refractivity contribution in [2.75, 3.05) is 19.8 Å². The molecule has 0 aromatic rings. The van der Waals surface area contributed by atoms with E-state index in [1.165, 1.54) is 83.5 Å². The molecule has 0 aromatic carbocycles. The Kier molecular flexibility index (Phi) is 21.7. The maximum absolute atomic E-state index is 12.9. The summed E-state index contributed by atoms with van der Waals surface area (Å²) in [4.78, 5) is 12.9. The summed E-state index contributed by atoms with van der Waals surface area (Å²) in [5, 5.41) is 31.4. The summed E-state index contributed by atoms with van der Waals surface area (Å²) >= 11 is 0. The summed E-state index contributed by atoms with van der Waals surface area (Å²) in [6, 6.07) is 0. The van der Waals surface area contributed by atoms with Crippen LogP contribution in [0.25, 0.3) is 0 Å². The van der Waals surface area contributed by atoms with Crippen LogP contribution in [0.3, 0.4) is 0 Å². The molecule has 0 spiro atoms. The first-order valence-electron chi connectivity index (χ1n) is 13.7. The van der Waals surface area contributed by atoms with E-state index in [-0.39, 0.29) is 11.8 Å². The highest BCUT2D eigenvalue weighted by molar-refractivity contribution is 5.79. The molecule has 1 atom stereocenters. The molecule has 1 unspecified atom stereocenters. The molecule has 4 N–H and O–H groups in total. The average molecular weight is 458 g/mol. The SMILES string of the molecule is CCCCCCCCCCCCC(CCCCCCCCC)C(=O)NC(CO)(CO)CO. The molecule has 0 fully saturated rings. The van der Waals surface area contributed by atoms with E-state index in [2.05, 4.69) is 19.2 Å². The number of hydrogen-bond acceptors (Lipinski definition) is 4. The van der Waals surface area contributed by atoms with Crippen molar-refractivity contribution in [1.29, 1.82) is 0 Å². The summed E-state index contributed by atoms with van der Waals surface area (Å²) in [5.41, 5.74) is -1.33. The fourth-order valence-corrected chi connectivity index (χ4v) is 4.26. The van der Waals surface area contributed by atoms with Crippen molar-refractivity contribution >= 4 is 5.91 Å². The molecule has 0 aliphatic heterocycles. The smallest absolute Gasteiger partial charge is 0.223 e. The van der Waals surface area contributed by atoms with E-state index in [1.807, 2.05) is 0 Å². The zero-order chi connectivity index (χ0) is 23.9. The van der Waals surface area contributed by atoms with Crippen LogP contribution in [-0.2, 0) is 4.79 Å². The third-order valence-corrected chi connectivity index (χ3v) is 6.73. The summed E-state index contributed by atoms with van der Waals surface area (Å²) in [6.07, 6.45) is 22.9. The van der Waals surface area contributed by atoms with E-state index in [1.54, 1.807) is 0 Å². The predicted octanol–water partition coefficient (Wildman–Crippen LogP) is 5.89. The van der Waals surface area contributed by atoms with Crippen molar-refractivity contribution in [1.82, 2.24) is 5.32 Å². The molecule has 0 heterocycles. The van der Waals surface area contributed by atoms with E-state index in [4.69, 9.17) is 0 Å². The van der Waals surface area contributed by atoms with E-state index in [0.29, 0.717) is 0 Å². The van der Waals surface area contributed by atoms with Gasteiger partial charge in [-0.15, -0.1) is 0 Å². The van der Waals surface area contributed by atoms with E-state index >= 15 is 0 Å². The van der Waals surface area contributed by atoms with Crippen LogP contribution in [0.2, 0.25) is 0 Å². The van der Waals surface area contributed by atoms with Gasteiger partial charge in [0.25, 0.3) is 0 Å². The van der Waals surface area contributed by atoms with Crippen LogP contribution in [0.1, 0.15) is 136 Å². The molecule has 1 amide bonds. The van der Waals surface area contributed by atoms with Crippen LogP contribution in [0.15, 0.2) is 0 Å². The van der Waals surface area contributed by atoms with Gasteiger partial charge in [-0.25, -0.2) is 0 Å². The van der Waals surface area contributed by atoms with Crippen molar-refractivity contribution in [2.24, 2.45) is 5.92 Å². The maximum atomic E-state index is 12.9. The lowest BCUT2D eigenvalue weighted by Crippen LogP contribution is -2.58. The first kappa shape index (κ1) is 31.4. The largest absolute Gasteiger partial charge is 0.394 e. The molecule has 5 heteroatoms. The molecule has 0 rings (SSSR count). The molecule has 32 heavy (non-hydrogen) atoms. The molecule has 0 radical (unpaired) electrons. The molecule has 0 saturated heterocycles. The molecule has 192 valence electrons. The molecular weight excluding hydrogens is 402 g/mol. The molecule has 5 nitrogen and oxygen atoms in total. The fraction of sp³-hybridized carbons (Fsp3) is 0.963. The number of hydrogen-bond donors (Lipinski definition) is 4. The lowest BCUT2D eigenvalue weighted by Gasteiger charge is -2.31. The Balaban J connectivity index is 4.33. The number of nitrogens with one attached hydrogen (secondary N) is 1. The standard InChI is InChI=1S/C27H55NO4/c1-3-5-7-9-11-12-13-15-17-19-21-25(20-18-16-14-10-8-6-4-2)26(32)28-27(22-29,23-30)24-31/h25,29-31H,3-24H2,1-2H3,(H,28,32). The molecule has 0 bridgehead atoms. The predicted molar refractivity (Wildman–Crippen MR) is 135 cm³/mol. The Hall–Kier alpha value is -0.650. The molecule has 0 saturated carbocycles. The number of carbonyl (C=O) groups excluding carboxylic acids is 1. The number of amides is 1. The van der Waals surface area contributed by atoms with Gasteiger partial charge in [0.05, 0.1) is 19.8 Å². The third-order valence-electron chi connectivity index (χ3n) is 6.73. The van der Waals surface area contributed by atoms with Crippen LogP contribution in [-0.4, -0.2) is 46.6 Å². The van der Waals surface area contributed by atoms with Crippen LogP contribution >= 0.6 is 0 Å². The number of aliphatic hydroxyl groups excluding tert-OH is 3. The Morgan fingerprint density at radius 1 is 0.594 bits per heavy atom. The Morgan fingerprint density at radius 2 is 0.906 bits per heavy atom. The van der Waals surface area contributed by atoms with Gasteiger partial charge in [-0.05, 0) is 12.8 Å². The van der Waals surface area contributed by atoms with Gasteiger partial charge in [0, 0.05) is 5.92 Å². The quantitative estimate of drug-likeness (QED) is 0.136. The normalized spacial score (nSPS) is 12.8. The van der Waals surface area contributed by atoms with Crippen molar-refractivity contribution in [3.05, 3.63) is 0 Å². The zero-order valence-corrected chi connectivity index (χ0v) is 21.4.